The van der Waals surface area contributed by atoms with Crippen LogP contribution in [-0.4, -0.2) is 71.0 Å². The Bertz CT molecular complexity index is 1080. The van der Waals surface area contributed by atoms with Crippen LogP contribution in [0.1, 0.15) is 32.0 Å². The standard InChI is InChI=1S/C21H24BrN3O5S/c1-10-20(31-11(2)23-10)18(27)15-16(12-8-13(22)17(26)14(9-12)30-5)25(7-6-24(3)4)21(29)19(15)28/h8-9,16,26,28H,6-7H2,1-5H3. The second kappa shape index (κ2) is 8.97. The maximum Gasteiger partial charge on any atom is 0.290 e. The molecule has 0 saturated heterocycles. The molecule has 1 unspecified atom stereocenters. The molecule has 0 fully saturated rings. The zero-order valence-electron chi connectivity index (χ0n) is 17.9. The number of hydrogen-bond donors (Lipinski definition) is 2. The van der Waals surface area contributed by atoms with E-state index in [0.717, 1.165) is 5.01 Å². The van der Waals surface area contributed by atoms with E-state index in [1.165, 1.54) is 23.3 Å². The second-order valence-corrected chi connectivity index (χ2v) is 9.55. The molecule has 166 valence electrons. The number of aromatic hydroxyl groups is 1. The fourth-order valence-corrected chi connectivity index (χ4v) is 4.88. The quantitative estimate of drug-likeness (QED) is 0.551. The fraction of sp³-hybridized carbons (Fsp3) is 0.381. The smallest absolute Gasteiger partial charge is 0.290 e. The summed E-state index contributed by atoms with van der Waals surface area (Å²) in [6, 6.07) is 2.35. The van der Waals surface area contributed by atoms with Crippen molar-refractivity contribution in [1.82, 2.24) is 14.8 Å². The van der Waals surface area contributed by atoms with Gasteiger partial charge >= 0.3 is 0 Å². The summed E-state index contributed by atoms with van der Waals surface area (Å²) in [5.41, 5.74) is 1.07. The lowest BCUT2D eigenvalue weighted by Crippen LogP contribution is -2.36. The van der Waals surface area contributed by atoms with Crippen molar-refractivity contribution in [3.8, 4) is 11.5 Å². The van der Waals surface area contributed by atoms with Crippen molar-refractivity contribution in [2.24, 2.45) is 0 Å². The van der Waals surface area contributed by atoms with Crippen LogP contribution in [0, 0.1) is 13.8 Å². The van der Waals surface area contributed by atoms with E-state index in [4.69, 9.17) is 4.74 Å². The Labute approximate surface area is 192 Å². The van der Waals surface area contributed by atoms with Crippen LogP contribution in [0.15, 0.2) is 27.9 Å². The Morgan fingerprint density at radius 3 is 2.55 bits per heavy atom. The lowest BCUT2D eigenvalue weighted by molar-refractivity contribution is -0.129. The van der Waals surface area contributed by atoms with Crippen molar-refractivity contribution in [3.63, 3.8) is 0 Å². The molecule has 1 aromatic heterocycles. The third-order valence-corrected chi connectivity index (χ3v) is 6.71. The number of ketones is 1. The molecule has 2 aromatic rings. The highest BCUT2D eigenvalue weighted by molar-refractivity contribution is 9.10. The van der Waals surface area contributed by atoms with Gasteiger partial charge in [-0.1, -0.05) is 0 Å². The van der Waals surface area contributed by atoms with Gasteiger partial charge in [-0.15, -0.1) is 11.3 Å². The van der Waals surface area contributed by atoms with Gasteiger partial charge in [0.1, 0.15) is 0 Å². The first-order chi connectivity index (χ1) is 14.6. The summed E-state index contributed by atoms with van der Waals surface area (Å²) in [7, 11) is 5.16. The molecule has 1 atom stereocenters. The van der Waals surface area contributed by atoms with Crippen LogP contribution < -0.4 is 4.74 Å². The van der Waals surface area contributed by atoms with Gasteiger partial charge in [0.15, 0.2) is 17.3 Å². The minimum absolute atomic E-state index is 0.00449. The predicted octanol–water partition coefficient (Wildman–Crippen LogP) is 3.38. The number of aliphatic hydroxyl groups is 1. The molecular formula is C21H24BrN3O5S. The van der Waals surface area contributed by atoms with Crippen molar-refractivity contribution in [1.29, 1.82) is 0 Å². The molecule has 0 aliphatic carbocycles. The number of phenols is 1. The number of likely N-dealkylation sites (N-methyl/N-ethyl adjacent to an activating group) is 1. The largest absolute Gasteiger partial charge is 0.503 e. The van der Waals surface area contributed by atoms with Crippen LogP contribution in [0.3, 0.4) is 0 Å². The van der Waals surface area contributed by atoms with E-state index in [1.54, 1.807) is 26.0 Å². The number of nitrogens with zero attached hydrogens (tertiary/aromatic N) is 3. The highest BCUT2D eigenvalue weighted by Gasteiger charge is 2.44. The van der Waals surface area contributed by atoms with Gasteiger partial charge in [0, 0.05) is 13.1 Å². The van der Waals surface area contributed by atoms with Gasteiger partial charge in [0.05, 0.1) is 38.8 Å². The Kier molecular flexibility index (Phi) is 6.73. The molecule has 0 spiro atoms. The molecule has 1 amide bonds. The first kappa shape index (κ1) is 23.2. The highest BCUT2D eigenvalue weighted by atomic mass is 79.9. The Morgan fingerprint density at radius 1 is 1.32 bits per heavy atom. The molecule has 0 radical (unpaired) electrons. The van der Waals surface area contributed by atoms with Crippen molar-refractivity contribution in [2.75, 3.05) is 34.3 Å². The molecule has 10 heteroatoms. The third kappa shape index (κ3) is 4.32. The van der Waals surface area contributed by atoms with Gasteiger partial charge in [-0.05, 0) is 61.6 Å². The first-order valence-corrected chi connectivity index (χ1v) is 11.1. The SMILES string of the molecule is COc1cc(C2C(C(=O)c3sc(C)nc3C)=C(O)C(=O)N2CCN(C)C)cc(Br)c1O. The maximum atomic E-state index is 13.5. The number of rotatable bonds is 7. The van der Waals surface area contributed by atoms with Crippen molar-refractivity contribution in [3.05, 3.63) is 49.1 Å². The van der Waals surface area contributed by atoms with Gasteiger partial charge in [-0.3, -0.25) is 9.59 Å². The van der Waals surface area contributed by atoms with Crippen LogP contribution in [0.2, 0.25) is 0 Å². The number of carbonyl (C=O) groups is 2. The van der Waals surface area contributed by atoms with Crippen LogP contribution >= 0.6 is 27.3 Å². The Hall–Kier alpha value is -2.43. The van der Waals surface area contributed by atoms with Crippen molar-refractivity contribution < 1.29 is 24.5 Å². The van der Waals surface area contributed by atoms with Crippen LogP contribution in [0.25, 0.3) is 0 Å². The van der Waals surface area contributed by atoms with E-state index >= 15 is 0 Å². The summed E-state index contributed by atoms with van der Waals surface area (Å²) < 4.78 is 5.60. The van der Waals surface area contributed by atoms with Gasteiger partial charge in [0.2, 0.25) is 5.78 Å². The van der Waals surface area contributed by atoms with Gasteiger partial charge in [-0.2, -0.15) is 0 Å². The number of aliphatic hydroxyl groups excluding tert-OH is 1. The number of Topliss-reactive ketones (excluding diaryl/α,β-unsaturated/α-hetero) is 1. The molecule has 1 aliphatic rings. The van der Waals surface area contributed by atoms with Crippen molar-refractivity contribution >= 4 is 39.0 Å². The predicted molar refractivity (Wildman–Crippen MR) is 121 cm³/mol. The molecule has 8 nitrogen and oxygen atoms in total. The Balaban J connectivity index is 2.17. The molecule has 3 rings (SSSR count). The number of ether oxygens (including phenoxy) is 1. The second-order valence-electron chi connectivity index (χ2n) is 7.50. The van der Waals surface area contributed by atoms with Gasteiger partial charge < -0.3 is 24.7 Å². The third-order valence-electron chi connectivity index (χ3n) is 5.03. The number of halogens is 1. The van der Waals surface area contributed by atoms with Gasteiger partial charge in [-0.25, -0.2) is 4.98 Å². The van der Waals surface area contributed by atoms with E-state index < -0.39 is 23.5 Å². The maximum absolute atomic E-state index is 13.5. The number of carbonyl (C=O) groups excluding carboxylic acids is 2. The van der Waals surface area contributed by atoms with E-state index in [-0.39, 0.29) is 17.1 Å². The fourth-order valence-electron chi connectivity index (χ4n) is 3.54. The monoisotopic (exact) mass is 509 g/mol. The number of amides is 1. The summed E-state index contributed by atoms with van der Waals surface area (Å²) >= 11 is 4.53. The summed E-state index contributed by atoms with van der Waals surface area (Å²) in [5, 5.41) is 21.7. The van der Waals surface area contributed by atoms with Crippen LogP contribution in [0.4, 0.5) is 0 Å². The minimum Gasteiger partial charge on any atom is -0.503 e. The molecule has 1 aromatic carbocycles. The number of methoxy groups -OCH3 is 1. The van der Waals surface area contributed by atoms with Crippen molar-refractivity contribution in [2.45, 2.75) is 19.9 Å². The zero-order chi connectivity index (χ0) is 23.0. The van der Waals surface area contributed by atoms with Crippen LogP contribution in [0.5, 0.6) is 11.5 Å². The molecule has 1 aliphatic heterocycles. The number of phenolic OH excluding ortho intramolecular Hbond substituents is 1. The number of aromatic nitrogens is 1. The number of aryl methyl sites for hydroxylation is 2. The lowest BCUT2D eigenvalue weighted by atomic mass is 9.94. The van der Waals surface area contributed by atoms with Crippen LogP contribution in [-0.2, 0) is 4.79 Å². The summed E-state index contributed by atoms with van der Waals surface area (Å²) in [4.78, 5) is 34.5. The van der Waals surface area contributed by atoms with E-state index in [1.807, 2.05) is 19.0 Å². The number of benzene rings is 1. The molecule has 0 bridgehead atoms. The minimum atomic E-state index is -0.840. The lowest BCUT2D eigenvalue weighted by Gasteiger charge is -2.28. The molecule has 31 heavy (non-hydrogen) atoms. The number of hydrogen-bond acceptors (Lipinski definition) is 8. The average molecular weight is 510 g/mol. The summed E-state index contributed by atoms with van der Waals surface area (Å²) in [5.74, 6) is -1.52. The highest BCUT2D eigenvalue weighted by Crippen LogP contribution is 2.44. The zero-order valence-corrected chi connectivity index (χ0v) is 20.3. The molecule has 2 N–H and O–H groups in total. The van der Waals surface area contributed by atoms with E-state index in [0.29, 0.717) is 33.7 Å². The molecular weight excluding hydrogens is 486 g/mol. The number of thiazole rings is 1. The average Bonchev–Trinajstić information content (AvgIpc) is 3.17. The first-order valence-electron chi connectivity index (χ1n) is 9.50. The normalized spacial score (nSPS) is 16.5. The summed E-state index contributed by atoms with van der Waals surface area (Å²) in [6.07, 6.45) is 0. The molecule has 2 heterocycles. The van der Waals surface area contributed by atoms with E-state index in [9.17, 15) is 19.8 Å². The van der Waals surface area contributed by atoms with Gasteiger partial charge in [0.25, 0.3) is 5.91 Å². The molecule has 0 saturated carbocycles. The topological polar surface area (TPSA) is 103 Å². The summed E-state index contributed by atoms with van der Waals surface area (Å²) in [6.45, 7) is 4.35. The van der Waals surface area contributed by atoms with E-state index in [2.05, 4.69) is 20.9 Å². The Morgan fingerprint density at radius 2 is 2.00 bits per heavy atom.